The van der Waals surface area contributed by atoms with Crippen LogP contribution >= 0.6 is 0 Å². The first-order valence-electron chi connectivity index (χ1n) is 7.24. The van der Waals surface area contributed by atoms with Gasteiger partial charge < -0.3 is 15.0 Å². The molecule has 2 aliphatic rings. The Kier molecular flexibility index (Phi) is 5.01. The number of carbonyl (C=O) groups is 1. The molecule has 1 atom stereocenters. The van der Waals surface area contributed by atoms with Crippen molar-refractivity contribution in [3.8, 4) is 0 Å². The third-order valence-corrected chi connectivity index (χ3v) is 4.30. The molecule has 4 heteroatoms. The second kappa shape index (κ2) is 6.53. The number of methoxy groups -OCH3 is 1. The number of carbonyl (C=O) groups excluding carboxylic acids is 1. The largest absolute Gasteiger partial charge is 0.383 e. The van der Waals surface area contributed by atoms with Crippen LogP contribution in [0.15, 0.2) is 0 Å². The van der Waals surface area contributed by atoms with E-state index in [-0.39, 0.29) is 5.92 Å². The molecule has 0 aromatic rings. The number of rotatable bonds is 6. The molecule has 1 amide bonds. The van der Waals surface area contributed by atoms with Crippen molar-refractivity contribution < 1.29 is 9.53 Å². The summed E-state index contributed by atoms with van der Waals surface area (Å²) in [7, 11) is 1.70. The molecule has 4 nitrogen and oxygen atoms in total. The molecule has 2 fully saturated rings. The molecule has 18 heavy (non-hydrogen) atoms. The molecule has 104 valence electrons. The van der Waals surface area contributed by atoms with Gasteiger partial charge in [-0.3, -0.25) is 4.79 Å². The zero-order chi connectivity index (χ0) is 13.0. The summed E-state index contributed by atoms with van der Waals surface area (Å²) >= 11 is 0. The van der Waals surface area contributed by atoms with Crippen molar-refractivity contribution in [3.63, 3.8) is 0 Å². The second-order valence-corrected chi connectivity index (χ2v) is 5.63. The van der Waals surface area contributed by atoms with Crippen LogP contribution in [0.3, 0.4) is 0 Å². The summed E-state index contributed by atoms with van der Waals surface area (Å²) in [5, 5.41) is 3.32. The third-order valence-electron chi connectivity index (χ3n) is 4.30. The lowest BCUT2D eigenvalue weighted by Crippen LogP contribution is -2.47. The van der Waals surface area contributed by atoms with E-state index in [1.54, 1.807) is 7.11 Å². The van der Waals surface area contributed by atoms with E-state index in [2.05, 4.69) is 17.1 Å². The Bertz CT molecular complexity index is 273. The highest BCUT2D eigenvalue weighted by atomic mass is 16.5. The zero-order valence-electron chi connectivity index (χ0n) is 11.7. The number of nitrogens with zero attached hydrogens (tertiary/aromatic N) is 1. The Morgan fingerprint density at radius 3 is 2.56 bits per heavy atom. The van der Waals surface area contributed by atoms with Crippen molar-refractivity contribution in [1.82, 2.24) is 10.2 Å². The van der Waals surface area contributed by atoms with Gasteiger partial charge in [0.15, 0.2) is 0 Å². The maximum Gasteiger partial charge on any atom is 0.226 e. The summed E-state index contributed by atoms with van der Waals surface area (Å²) in [5.41, 5.74) is 0. The summed E-state index contributed by atoms with van der Waals surface area (Å²) in [6.07, 6.45) is 4.54. The molecule has 1 aliphatic heterocycles. The van der Waals surface area contributed by atoms with Crippen LogP contribution in [0.5, 0.6) is 0 Å². The molecule has 0 spiro atoms. The predicted molar refractivity (Wildman–Crippen MR) is 71.4 cm³/mol. The highest BCUT2D eigenvalue weighted by Gasteiger charge is 2.36. The van der Waals surface area contributed by atoms with Crippen molar-refractivity contribution in [1.29, 1.82) is 0 Å². The van der Waals surface area contributed by atoms with E-state index in [1.807, 2.05) is 0 Å². The first-order valence-corrected chi connectivity index (χ1v) is 7.24. The Morgan fingerprint density at radius 1 is 1.33 bits per heavy atom. The Hall–Kier alpha value is -0.610. The maximum atomic E-state index is 12.6. The highest BCUT2D eigenvalue weighted by molar-refractivity contribution is 5.79. The summed E-state index contributed by atoms with van der Waals surface area (Å²) < 4.78 is 5.15. The topological polar surface area (TPSA) is 41.6 Å². The van der Waals surface area contributed by atoms with Gasteiger partial charge in [0.2, 0.25) is 5.91 Å². The SMILES string of the molecule is COCCN(C(=O)C1CCNCC1)C(C)C1CC1. The molecule has 2 rings (SSSR count). The smallest absolute Gasteiger partial charge is 0.226 e. The van der Waals surface area contributed by atoms with Gasteiger partial charge in [0.25, 0.3) is 0 Å². The van der Waals surface area contributed by atoms with Crippen molar-refractivity contribution in [2.45, 2.75) is 38.6 Å². The lowest BCUT2D eigenvalue weighted by molar-refractivity contribution is -0.139. The fourth-order valence-corrected chi connectivity index (χ4v) is 2.84. The summed E-state index contributed by atoms with van der Waals surface area (Å²) in [6, 6.07) is 0.391. The lowest BCUT2D eigenvalue weighted by atomic mass is 9.95. The van der Waals surface area contributed by atoms with Gasteiger partial charge >= 0.3 is 0 Å². The van der Waals surface area contributed by atoms with Gasteiger partial charge in [-0.15, -0.1) is 0 Å². The Morgan fingerprint density at radius 2 is 2.00 bits per heavy atom. The van der Waals surface area contributed by atoms with Crippen LogP contribution in [0.2, 0.25) is 0 Å². The van der Waals surface area contributed by atoms with Gasteiger partial charge in [-0.05, 0) is 51.6 Å². The summed E-state index contributed by atoms with van der Waals surface area (Å²) in [6.45, 7) is 5.55. The second-order valence-electron chi connectivity index (χ2n) is 5.63. The molecule has 0 aromatic heterocycles. The lowest BCUT2D eigenvalue weighted by Gasteiger charge is -2.34. The zero-order valence-corrected chi connectivity index (χ0v) is 11.7. The van der Waals surface area contributed by atoms with Crippen LogP contribution in [-0.2, 0) is 9.53 Å². The van der Waals surface area contributed by atoms with Crippen molar-refractivity contribution in [2.24, 2.45) is 11.8 Å². The normalized spacial score (nSPS) is 22.8. The molecule has 1 heterocycles. The van der Waals surface area contributed by atoms with Crippen molar-refractivity contribution >= 4 is 5.91 Å². The quantitative estimate of drug-likeness (QED) is 0.776. The monoisotopic (exact) mass is 254 g/mol. The van der Waals surface area contributed by atoms with E-state index in [0.717, 1.165) is 38.4 Å². The van der Waals surface area contributed by atoms with Gasteiger partial charge in [0.1, 0.15) is 0 Å². The fraction of sp³-hybridized carbons (Fsp3) is 0.929. The van der Waals surface area contributed by atoms with E-state index < -0.39 is 0 Å². The molecule has 1 unspecified atom stereocenters. The predicted octanol–water partition coefficient (Wildman–Crippen LogP) is 1.26. The van der Waals surface area contributed by atoms with Crippen LogP contribution in [0.25, 0.3) is 0 Å². The number of hydrogen-bond donors (Lipinski definition) is 1. The van der Waals surface area contributed by atoms with E-state index in [0.29, 0.717) is 18.6 Å². The standard InChI is InChI=1S/C14H26N2O2/c1-11(12-3-4-12)16(9-10-18-2)14(17)13-5-7-15-8-6-13/h11-13,15H,3-10H2,1-2H3. The molecular formula is C14H26N2O2. The van der Waals surface area contributed by atoms with Gasteiger partial charge in [-0.25, -0.2) is 0 Å². The highest BCUT2D eigenvalue weighted by Crippen LogP contribution is 2.35. The molecule has 1 saturated heterocycles. The van der Waals surface area contributed by atoms with E-state index in [1.165, 1.54) is 12.8 Å². The van der Waals surface area contributed by atoms with Crippen LogP contribution < -0.4 is 5.32 Å². The number of hydrogen-bond acceptors (Lipinski definition) is 3. The van der Waals surface area contributed by atoms with Crippen molar-refractivity contribution in [2.75, 3.05) is 33.4 Å². The summed E-state index contributed by atoms with van der Waals surface area (Å²) in [5.74, 6) is 1.31. The number of ether oxygens (including phenoxy) is 1. The number of amides is 1. The molecule has 1 saturated carbocycles. The van der Waals surface area contributed by atoms with Gasteiger partial charge in [0.05, 0.1) is 6.61 Å². The third kappa shape index (κ3) is 3.45. The summed E-state index contributed by atoms with van der Waals surface area (Å²) in [4.78, 5) is 14.7. The van der Waals surface area contributed by atoms with Gasteiger partial charge in [0, 0.05) is 25.6 Å². The van der Waals surface area contributed by atoms with E-state index >= 15 is 0 Å². The fourth-order valence-electron chi connectivity index (χ4n) is 2.84. The van der Waals surface area contributed by atoms with Crippen LogP contribution in [0, 0.1) is 11.8 Å². The van der Waals surface area contributed by atoms with Gasteiger partial charge in [-0.2, -0.15) is 0 Å². The molecule has 0 radical (unpaired) electrons. The van der Waals surface area contributed by atoms with Gasteiger partial charge in [-0.1, -0.05) is 0 Å². The Balaban J connectivity index is 1.94. The molecule has 1 aliphatic carbocycles. The minimum Gasteiger partial charge on any atom is -0.383 e. The molecule has 0 bridgehead atoms. The van der Waals surface area contributed by atoms with Crippen molar-refractivity contribution in [3.05, 3.63) is 0 Å². The first kappa shape index (κ1) is 13.8. The minimum absolute atomic E-state index is 0.226. The van der Waals surface area contributed by atoms with Crippen LogP contribution in [0.1, 0.15) is 32.6 Å². The average molecular weight is 254 g/mol. The average Bonchev–Trinajstić information content (AvgIpc) is 3.24. The first-order chi connectivity index (χ1) is 8.74. The van der Waals surface area contributed by atoms with Crippen LogP contribution in [0.4, 0.5) is 0 Å². The number of piperidine rings is 1. The minimum atomic E-state index is 0.226. The molecule has 0 aromatic carbocycles. The Labute approximate surface area is 110 Å². The maximum absolute atomic E-state index is 12.6. The molecular weight excluding hydrogens is 228 g/mol. The van der Waals surface area contributed by atoms with E-state index in [4.69, 9.17) is 4.74 Å². The molecule has 1 N–H and O–H groups in total. The van der Waals surface area contributed by atoms with Crippen LogP contribution in [-0.4, -0.2) is 50.2 Å². The number of nitrogens with one attached hydrogen (secondary N) is 1. The van der Waals surface area contributed by atoms with E-state index in [9.17, 15) is 4.79 Å².